The number of piperidine rings is 1. The van der Waals surface area contributed by atoms with Crippen LogP contribution in [0, 0.1) is 0 Å². The first-order chi connectivity index (χ1) is 10.7. The van der Waals surface area contributed by atoms with Crippen LogP contribution in [0.25, 0.3) is 11.3 Å². The van der Waals surface area contributed by atoms with Crippen LogP contribution in [0.4, 0.5) is 4.79 Å². The third-order valence-corrected chi connectivity index (χ3v) is 3.72. The summed E-state index contributed by atoms with van der Waals surface area (Å²) in [5.41, 5.74) is 1.62. The highest BCUT2D eigenvalue weighted by atomic mass is 16.5. The van der Waals surface area contributed by atoms with Gasteiger partial charge in [-0.2, -0.15) is 0 Å². The van der Waals surface area contributed by atoms with Crippen molar-refractivity contribution in [3.63, 3.8) is 0 Å². The number of benzene rings is 1. The lowest BCUT2D eigenvalue weighted by atomic mass is 10.1. The molecule has 2 heterocycles. The van der Waals surface area contributed by atoms with Gasteiger partial charge in [0.05, 0.1) is 12.6 Å². The minimum Gasteiger partial charge on any atom is -0.391 e. The number of aliphatic hydroxyl groups is 1. The maximum absolute atomic E-state index is 12.0. The number of hydrogen-bond acceptors (Lipinski definition) is 4. The molecule has 2 aromatic rings. The summed E-state index contributed by atoms with van der Waals surface area (Å²) in [6.45, 7) is 1.37. The van der Waals surface area contributed by atoms with Crippen LogP contribution >= 0.6 is 0 Å². The molecule has 1 atom stereocenters. The normalized spacial score (nSPS) is 18.2. The molecule has 1 aromatic heterocycles. The first-order valence-corrected chi connectivity index (χ1v) is 7.44. The summed E-state index contributed by atoms with van der Waals surface area (Å²) in [7, 11) is 0. The summed E-state index contributed by atoms with van der Waals surface area (Å²) in [6.07, 6.45) is 1.17. The fraction of sp³-hybridized carbons (Fsp3) is 0.375. The number of urea groups is 1. The average Bonchev–Trinajstić information content (AvgIpc) is 3.02. The number of rotatable bonds is 3. The number of aromatic nitrogens is 1. The molecule has 0 saturated carbocycles. The van der Waals surface area contributed by atoms with E-state index in [1.54, 1.807) is 4.90 Å². The zero-order valence-electron chi connectivity index (χ0n) is 12.2. The molecule has 3 rings (SSSR count). The third-order valence-electron chi connectivity index (χ3n) is 3.72. The van der Waals surface area contributed by atoms with Gasteiger partial charge in [0.2, 0.25) is 0 Å². The van der Waals surface area contributed by atoms with E-state index in [-0.39, 0.29) is 6.03 Å². The Hall–Kier alpha value is -2.34. The molecule has 0 aliphatic carbocycles. The Morgan fingerprint density at radius 1 is 1.41 bits per heavy atom. The van der Waals surface area contributed by atoms with Gasteiger partial charge >= 0.3 is 6.03 Å². The number of nitrogens with one attached hydrogen (secondary N) is 1. The van der Waals surface area contributed by atoms with Crippen LogP contribution < -0.4 is 5.32 Å². The fourth-order valence-corrected chi connectivity index (χ4v) is 2.55. The topological polar surface area (TPSA) is 78.6 Å². The first kappa shape index (κ1) is 14.6. The Morgan fingerprint density at radius 2 is 2.23 bits per heavy atom. The van der Waals surface area contributed by atoms with Crippen molar-refractivity contribution in [2.45, 2.75) is 25.5 Å². The van der Waals surface area contributed by atoms with E-state index in [2.05, 4.69) is 10.5 Å². The van der Waals surface area contributed by atoms with E-state index < -0.39 is 6.10 Å². The van der Waals surface area contributed by atoms with Crippen molar-refractivity contribution in [3.8, 4) is 11.3 Å². The minimum atomic E-state index is -0.420. The lowest BCUT2D eigenvalue weighted by Crippen LogP contribution is -2.46. The number of aliphatic hydroxyl groups excluding tert-OH is 1. The molecule has 22 heavy (non-hydrogen) atoms. The van der Waals surface area contributed by atoms with Gasteiger partial charge in [-0.15, -0.1) is 0 Å². The number of likely N-dealkylation sites (tertiary alicyclic amines) is 1. The highest BCUT2D eigenvalue weighted by Gasteiger charge is 2.21. The fourth-order valence-electron chi connectivity index (χ4n) is 2.55. The zero-order valence-corrected chi connectivity index (χ0v) is 12.2. The van der Waals surface area contributed by atoms with Crippen LogP contribution in [0.2, 0.25) is 0 Å². The molecule has 1 aliphatic heterocycles. The molecule has 1 unspecified atom stereocenters. The highest BCUT2D eigenvalue weighted by molar-refractivity contribution is 5.74. The molecule has 1 fully saturated rings. The molecule has 1 aliphatic rings. The molecule has 6 heteroatoms. The van der Waals surface area contributed by atoms with Gasteiger partial charge in [-0.25, -0.2) is 4.79 Å². The predicted molar refractivity (Wildman–Crippen MR) is 81.0 cm³/mol. The van der Waals surface area contributed by atoms with Gasteiger partial charge in [-0.05, 0) is 12.8 Å². The number of carbonyl (C=O) groups excluding carboxylic acids is 1. The number of hydrogen-bond donors (Lipinski definition) is 2. The van der Waals surface area contributed by atoms with E-state index in [1.165, 1.54) is 0 Å². The maximum atomic E-state index is 12.0. The van der Waals surface area contributed by atoms with E-state index in [1.807, 2.05) is 36.4 Å². The quantitative estimate of drug-likeness (QED) is 0.909. The Labute approximate surface area is 128 Å². The molecule has 6 nitrogen and oxygen atoms in total. The van der Waals surface area contributed by atoms with Crippen LogP contribution in [0.1, 0.15) is 18.5 Å². The Morgan fingerprint density at radius 3 is 3.00 bits per heavy atom. The van der Waals surface area contributed by atoms with Crippen molar-refractivity contribution >= 4 is 6.03 Å². The summed E-state index contributed by atoms with van der Waals surface area (Å²) in [6, 6.07) is 11.3. The molecule has 2 amide bonds. The van der Waals surface area contributed by atoms with Crippen LogP contribution in [-0.4, -0.2) is 40.4 Å². The van der Waals surface area contributed by atoms with Crippen molar-refractivity contribution in [2.24, 2.45) is 0 Å². The average molecular weight is 301 g/mol. The van der Waals surface area contributed by atoms with E-state index >= 15 is 0 Å². The highest BCUT2D eigenvalue weighted by Crippen LogP contribution is 2.19. The standard InChI is InChI=1S/C16H19N3O3/c20-14-7-4-8-19(11-14)16(21)17-10-13-9-15(22-18-13)12-5-2-1-3-6-12/h1-3,5-6,9,14,20H,4,7-8,10-11H2,(H,17,21). The number of amides is 2. The number of nitrogens with zero attached hydrogens (tertiary/aromatic N) is 2. The summed E-state index contributed by atoms with van der Waals surface area (Å²) < 4.78 is 5.29. The number of β-amino-alcohol motifs (C(OH)–C–C–N with tert-alkyl or cyclic N) is 1. The second-order valence-electron chi connectivity index (χ2n) is 5.45. The third kappa shape index (κ3) is 3.46. The van der Waals surface area contributed by atoms with Crippen LogP contribution in [0.15, 0.2) is 40.9 Å². The van der Waals surface area contributed by atoms with E-state index in [4.69, 9.17) is 4.52 Å². The summed E-state index contributed by atoms with van der Waals surface area (Å²) >= 11 is 0. The van der Waals surface area contributed by atoms with Gasteiger partial charge in [0.1, 0.15) is 5.69 Å². The van der Waals surface area contributed by atoms with E-state index in [0.717, 1.165) is 18.4 Å². The molecule has 0 radical (unpaired) electrons. The first-order valence-electron chi connectivity index (χ1n) is 7.44. The van der Waals surface area contributed by atoms with Gasteiger partial charge in [0.15, 0.2) is 5.76 Å². The Kier molecular flexibility index (Phi) is 4.39. The monoisotopic (exact) mass is 301 g/mol. The summed E-state index contributed by atoms with van der Waals surface area (Å²) in [5, 5.41) is 16.4. The van der Waals surface area contributed by atoms with Crippen molar-refractivity contribution in [1.29, 1.82) is 0 Å². The predicted octanol–water partition coefficient (Wildman–Crippen LogP) is 2.01. The van der Waals surface area contributed by atoms with E-state index in [9.17, 15) is 9.90 Å². The Bertz CT molecular complexity index is 627. The number of carbonyl (C=O) groups is 1. The second kappa shape index (κ2) is 6.62. The minimum absolute atomic E-state index is 0.178. The summed E-state index contributed by atoms with van der Waals surface area (Å²) in [5.74, 6) is 0.679. The van der Waals surface area contributed by atoms with Crippen molar-refractivity contribution in [3.05, 3.63) is 42.1 Å². The maximum Gasteiger partial charge on any atom is 0.317 e. The molecule has 1 saturated heterocycles. The van der Waals surface area contributed by atoms with Gasteiger partial charge in [-0.3, -0.25) is 0 Å². The van der Waals surface area contributed by atoms with Gasteiger partial charge in [0, 0.05) is 24.7 Å². The second-order valence-corrected chi connectivity index (χ2v) is 5.45. The molecule has 0 spiro atoms. The van der Waals surface area contributed by atoms with Crippen molar-refractivity contribution in [1.82, 2.24) is 15.4 Å². The zero-order chi connectivity index (χ0) is 15.4. The lowest BCUT2D eigenvalue weighted by molar-refractivity contribution is 0.0841. The van der Waals surface area contributed by atoms with Gasteiger partial charge in [0.25, 0.3) is 0 Å². The Balaban J connectivity index is 1.56. The van der Waals surface area contributed by atoms with Gasteiger partial charge in [-0.1, -0.05) is 35.5 Å². The SMILES string of the molecule is O=C(NCc1cc(-c2ccccc2)on1)N1CCCC(O)C1. The molecular formula is C16H19N3O3. The van der Waals surface area contributed by atoms with Gasteiger partial charge < -0.3 is 19.8 Å². The lowest BCUT2D eigenvalue weighted by Gasteiger charge is -2.29. The van der Waals surface area contributed by atoms with Crippen molar-refractivity contribution < 1.29 is 14.4 Å². The largest absolute Gasteiger partial charge is 0.391 e. The van der Waals surface area contributed by atoms with E-state index in [0.29, 0.717) is 31.1 Å². The van der Waals surface area contributed by atoms with Crippen LogP contribution in [0.5, 0.6) is 0 Å². The molecule has 0 bridgehead atoms. The molecule has 2 N–H and O–H groups in total. The molecule has 116 valence electrons. The molecular weight excluding hydrogens is 282 g/mol. The molecule has 1 aromatic carbocycles. The smallest absolute Gasteiger partial charge is 0.317 e. The van der Waals surface area contributed by atoms with Crippen molar-refractivity contribution in [2.75, 3.05) is 13.1 Å². The van der Waals surface area contributed by atoms with Crippen LogP contribution in [-0.2, 0) is 6.54 Å². The van der Waals surface area contributed by atoms with Crippen LogP contribution in [0.3, 0.4) is 0 Å². The summed E-state index contributed by atoms with van der Waals surface area (Å²) in [4.78, 5) is 13.7.